The van der Waals surface area contributed by atoms with Gasteiger partial charge in [-0.05, 0) is 285 Å². The number of rotatable bonds is 2. The molecule has 2 nitrogen and oxygen atoms in total. The number of phenols is 1. The SMILES string of the molecule is CC1=CC=C(C)C1C.CC=C(C)CC.CC=C(C)CC.Cc1cccc(C)c1C.Cc1cccc(C)c1C.Cc1cccc(C)c1C.Cc1cccc(C)c1C.Cc1cccc(C)c1N.Cc1cccc(C)c1O.Cc1cccc(C)c1S. The topological polar surface area (TPSA) is 46.2 Å². The molecule has 0 bridgehead atoms. The number of benzene rings is 7. The summed E-state index contributed by atoms with van der Waals surface area (Å²) in [5.74, 6) is 1.12. The molecule has 452 valence electrons. The van der Waals surface area contributed by atoms with Gasteiger partial charge in [-0.3, -0.25) is 0 Å². The van der Waals surface area contributed by atoms with E-state index < -0.39 is 0 Å². The lowest BCUT2D eigenvalue weighted by Crippen LogP contribution is -1.91. The lowest BCUT2D eigenvalue weighted by molar-refractivity contribution is 0.467. The predicted molar refractivity (Wildman–Crippen MR) is 380 cm³/mol. The number of anilines is 1. The number of nitrogen functional groups attached to an aromatic ring is 1. The molecule has 0 radical (unpaired) electrons. The second-order valence-electron chi connectivity index (χ2n) is 22.4. The third kappa shape index (κ3) is 32.2. The van der Waals surface area contributed by atoms with Crippen LogP contribution in [0.15, 0.2) is 179 Å². The third-order valence-electron chi connectivity index (χ3n) is 16.0. The first-order valence-corrected chi connectivity index (χ1v) is 30.3. The minimum Gasteiger partial charge on any atom is -0.507 e. The van der Waals surface area contributed by atoms with E-state index >= 15 is 0 Å². The van der Waals surface area contributed by atoms with Gasteiger partial charge in [0.1, 0.15) is 5.75 Å². The van der Waals surface area contributed by atoms with E-state index in [-0.39, 0.29) is 0 Å². The van der Waals surface area contributed by atoms with Crippen molar-refractivity contribution in [2.45, 2.75) is 205 Å². The fraction of sp³-hybridized carbons (Fsp3) is 0.375. The molecule has 1 aliphatic rings. The highest BCUT2D eigenvalue weighted by atomic mass is 32.1. The maximum atomic E-state index is 9.21. The van der Waals surface area contributed by atoms with Gasteiger partial charge < -0.3 is 10.8 Å². The number of hydrogen-bond acceptors (Lipinski definition) is 3. The van der Waals surface area contributed by atoms with Gasteiger partial charge in [0.2, 0.25) is 0 Å². The molecule has 0 unspecified atom stereocenters. The van der Waals surface area contributed by atoms with Crippen LogP contribution in [0.25, 0.3) is 0 Å². The molecule has 0 saturated carbocycles. The van der Waals surface area contributed by atoms with Crippen molar-refractivity contribution < 1.29 is 5.11 Å². The van der Waals surface area contributed by atoms with Crippen molar-refractivity contribution >= 4 is 18.3 Å². The van der Waals surface area contributed by atoms with Crippen molar-refractivity contribution in [1.29, 1.82) is 0 Å². The molecule has 83 heavy (non-hydrogen) atoms. The van der Waals surface area contributed by atoms with Gasteiger partial charge in [0.25, 0.3) is 0 Å². The summed E-state index contributed by atoms with van der Waals surface area (Å²) in [4.78, 5) is 1.11. The molecule has 1 aliphatic carbocycles. The van der Waals surface area contributed by atoms with Crippen molar-refractivity contribution in [3.63, 3.8) is 0 Å². The second kappa shape index (κ2) is 43.1. The van der Waals surface area contributed by atoms with Crippen LogP contribution in [0.5, 0.6) is 5.75 Å². The predicted octanol–water partition coefficient (Wildman–Crippen LogP) is 24.2. The highest BCUT2D eigenvalue weighted by Crippen LogP contribution is 2.25. The number of aryl methyl sites for hydroxylation is 14. The quantitative estimate of drug-likeness (QED) is 0.0918. The summed E-state index contributed by atoms with van der Waals surface area (Å²) in [5, 5.41) is 9.21. The summed E-state index contributed by atoms with van der Waals surface area (Å²) in [6.07, 6.45) is 11.0. The summed E-state index contributed by atoms with van der Waals surface area (Å²) in [6.45, 7) is 57.0. The third-order valence-corrected chi connectivity index (χ3v) is 16.7. The standard InChI is InChI=1S/4C9H12.C8H11N.C8H10O.C8H10S.C8H12.2C6H12/c4*1-7-5-4-6-8(2)9(7)3;3*1-6-4-3-5-7(2)8(6)9;1-6-4-5-7(2)8(6)3;2*1-4-6(3)5-2/h4*4-6H,1-3H3;3-5H,9H2,1-2H3;2*3-5,9H,1-2H3;4-5,8H,1-3H3;2*4H,5H2,1-3H3. The minimum absolute atomic E-state index is 0.414. The Labute approximate surface area is 516 Å². The van der Waals surface area contributed by atoms with Crippen LogP contribution in [0.4, 0.5) is 5.69 Å². The highest BCUT2D eigenvalue weighted by molar-refractivity contribution is 7.80. The Kier molecular flexibility index (Phi) is 40.8. The van der Waals surface area contributed by atoms with Gasteiger partial charge >= 0.3 is 0 Å². The summed E-state index contributed by atoms with van der Waals surface area (Å²) >= 11 is 4.31. The number of para-hydroxylation sites is 2. The zero-order chi connectivity index (χ0) is 64.1. The Balaban J connectivity index is 0. The van der Waals surface area contributed by atoms with E-state index in [0.717, 1.165) is 32.8 Å². The van der Waals surface area contributed by atoms with Gasteiger partial charge in [-0.2, -0.15) is 0 Å². The van der Waals surface area contributed by atoms with Gasteiger partial charge in [-0.15, -0.1) is 12.6 Å². The molecule has 0 aliphatic heterocycles. The number of nitrogens with two attached hydrogens (primary N) is 1. The van der Waals surface area contributed by atoms with E-state index in [1.54, 1.807) is 0 Å². The molecule has 0 saturated heterocycles. The first-order chi connectivity index (χ1) is 38.8. The maximum Gasteiger partial charge on any atom is 0.121 e. The molecule has 0 atom stereocenters. The van der Waals surface area contributed by atoms with E-state index in [1.165, 1.54) is 113 Å². The van der Waals surface area contributed by atoms with Gasteiger partial charge in [-0.25, -0.2) is 0 Å². The monoisotopic (exact) mass is 1140 g/mol. The molecule has 7 aromatic rings. The molecule has 0 aromatic heterocycles. The fourth-order valence-corrected chi connectivity index (χ4v) is 7.50. The van der Waals surface area contributed by atoms with E-state index in [2.05, 4.69) is 281 Å². The first-order valence-electron chi connectivity index (χ1n) is 29.9. The number of phenolic OH excluding ortho intramolecular Hbond substituents is 1. The summed E-state index contributed by atoms with van der Waals surface area (Å²) in [6, 6.07) is 43.4. The Bertz CT molecular complexity index is 2450. The van der Waals surface area contributed by atoms with Crippen LogP contribution in [0.1, 0.15) is 175 Å². The zero-order valence-corrected chi connectivity index (χ0v) is 58.3. The van der Waals surface area contributed by atoms with Crippen molar-refractivity contribution in [3.8, 4) is 5.75 Å². The van der Waals surface area contributed by atoms with E-state index in [1.807, 2.05) is 70.2 Å². The van der Waals surface area contributed by atoms with Crippen LogP contribution < -0.4 is 5.73 Å². The molecule has 0 heterocycles. The van der Waals surface area contributed by atoms with E-state index in [0.29, 0.717) is 11.7 Å². The van der Waals surface area contributed by atoms with Crippen molar-refractivity contribution in [2.75, 3.05) is 5.73 Å². The number of aromatic hydroxyl groups is 1. The Morgan fingerprint density at radius 2 is 0.566 bits per heavy atom. The van der Waals surface area contributed by atoms with Gasteiger partial charge in [-0.1, -0.05) is 195 Å². The number of allylic oxidation sites excluding steroid dienone is 8. The normalized spacial score (nSPS) is 11.1. The van der Waals surface area contributed by atoms with Crippen LogP contribution in [0.2, 0.25) is 0 Å². The lowest BCUT2D eigenvalue weighted by atomic mass is 10.0. The Hall–Kier alpha value is -6.55. The van der Waals surface area contributed by atoms with Gasteiger partial charge in [0.15, 0.2) is 0 Å². The fourth-order valence-electron chi connectivity index (χ4n) is 7.35. The van der Waals surface area contributed by atoms with E-state index in [4.69, 9.17) is 5.73 Å². The highest BCUT2D eigenvalue weighted by Gasteiger charge is 2.09. The molecule has 0 amide bonds. The average Bonchev–Trinajstić information content (AvgIpc) is 3.76. The molecular formula is C80H115NOS. The van der Waals surface area contributed by atoms with Crippen LogP contribution in [-0.4, -0.2) is 5.11 Å². The van der Waals surface area contributed by atoms with Gasteiger partial charge in [0.05, 0.1) is 0 Å². The molecule has 8 rings (SSSR count). The smallest absolute Gasteiger partial charge is 0.121 e. The van der Waals surface area contributed by atoms with Crippen LogP contribution >= 0.6 is 12.6 Å². The maximum absolute atomic E-state index is 9.21. The van der Waals surface area contributed by atoms with Crippen molar-refractivity contribution in [2.24, 2.45) is 5.92 Å². The number of hydrogen-bond donors (Lipinski definition) is 3. The Morgan fingerprint density at radius 3 is 0.687 bits per heavy atom. The summed E-state index contributed by atoms with van der Waals surface area (Å²) in [5.41, 5.74) is 35.9. The molecule has 7 aromatic carbocycles. The Morgan fingerprint density at radius 1 is 0.373 bits per heavy atom. The van der Waals surface area contributed by atoms with Crippen LogP contribution in [0, 0.1) is 131 Å². The molecular weight excluding hydrogens is 1020 g/mol. The van der Waals surface area contributed by atoms with Gasteiger partial charge in [0, 0.05) is 10.6 Å². The second-order valence-corrected chi connectivity index (χ2v) is 22.8. The molecule has 0 spiro atoms. The number of thiol groups is 1. The van der Waals surface area contributed by atoms with Crippen molar-refractivity contribution in [3.05, 3.63) is 274 Å². The summed E-state index contributed by atoms with van der Waals surface area (Å²) < 4.78 is 0. The molecule has 0 fully saturated rings. The van der Waals surface area contributed by atoms with Crippen LogP contribution in [0.3, 0.4) is 0 Å². The largest absolute Gasteiger partial charge is 0.507 e. The summed E-state index contributed by atoms with van der Waals surface area (Å²) in [7, 11) is 0. The first kappa shape index (κ1) is 78.5. The zero-order valence-electron chi connectivity index (χ0n) is 57.4. The van der Waals surface area contributed by atoms with Crippen LogP contribution in [-0.2, 0) is 0 Å². The lowest BCUT2D eigenvalue weighted by Gasteiger charge is -2.04. The molecule has 3 N–H and O–H groups in total. The van der Waals surface area contributed by atoms with E-state index in [9.17, 15) is 5.11 Å². The average molecular weight is 1140 g/mol. The van der Waals surface area contributed by atoms with Crippen molar-refractivity contribution in [1.82, 2.24) is 0 Å². The molecule has 3 heteroatoms. The minimum atomic E-state index is 0.414.